The molecule has 2 aliphatic rings. The lowest BCUT2D eigenvalue weighted by atomic mass is 9.78. The van der Waals surface area contributed by atoms with Crippen LogP contribution in [0.15, 0.2) is 40.9 Å². The van der Waals surface area contributed by atoms with Gasteiger partial charge >= 0.3 is 0 Å². The monoisotopic (exact) mass is 521 g/mol. The van der Waals surface area contributed by atoms with Gasteiger partial charge in [0.2, 0.25) is 0 Å². The summed E-state index contributed by atoms with van der Waals surface area (Å²) in [7, 11) is 3.39. The molecular formula is C29H32BrNO3. The number of halogens is 1. The smallest absolute Gasteiger partial charge is 0.161 e. The third-order valence-corrected chi connectivity index (χ3v) is 8.09. The van der Waals surface area contributed by atoms with Crippen LogP contribution in [-0.4, -0.2) is 19.8 Å². The Labute approximate surface area is 211 Å². The molecule has 0 bridgehead atoms. The molecular weight excluding hydrogens is 490 g/mol. The molecule has 0 aromatic heterocycles. The van der Waals surface area contributed by atoms with Crippen LogP contribution in [0.5, 0.6) is 17.2 Å². The maximum atomic E-state index is 6.66. The zero-order valence-corrected chi connectivity index (χ0v) is 22.6. The predicted octanol–water partition coefficient (Wildman–Crippen LogP) is 7.21. The number of anilines is 1. The second-order valence-electron chi connectivity index (χ2n) is 9.99. The highest BCUT2D eigenvalue weighted by Crippen LogP contribution is 2.54. The molecule has 0 fully saturated rings. The largest absolute Gasteiger partial charge is 0.493 e. The fourth-order valence-electron chi connectivity index (χ4n) is 5.86. The summed E-state index contributed by atoms with van der Waals surface area (Å²) in [4.78, 5) is 2.49. The molecule has 0 N–H and O–H groups in total. The first-order valence-electron chi connectivity index (χ1n) is 11.7. The number of rotatable bonds is 4. The Balaban J connectivity index is 1.63. The van der Waals surface area contributed by atoms with Gasteiger partial charge in [-0.25, -0.2) is 0 Å². The summed E-state index contributed by atoms with van der Waals surface area (Å²) >= 11 is 3.59. The van der Waals surface area contributed by atoms with Gasteiger partial charge in [-0.05, 0) is 92.3 Å². The highest BCUT2D eigenvalue weighted by molar-refractivity contribution is 9.10. The topological polar surface area (TPSA) is 30.9 Å². The van der Waals surface area contributed by atoms with E-state index in [9.17, 15) is 0 Å². The normalized spacial score (nSPS) is 17.9. The number of ether oxygens (including phenoxy) is 3. The van der Waals surface area contributed by atoms with E-state index in [0.29, 0.717) is 0 Å². The molecule has 5 rings (SSSR count). The lowest BCUT2D eigenvalue weighted by Gasteiger charge is -2.28. The lowest BCUT2D eigenvalue weighted by molar-refractivity contribution is 0.121. The quantitative estimate of drug-likeness (QED) is 0.362. The van der Waals surface area contributed by atoms with Crippen LogP contribution in [0.4, 0.5) is 5.69 Å². The van der Waals surface area contributed by atoms with Crippen molar-refractivity contribution in [3.8, 4) is 17.2 Å². The third-order valence-electron chi connectivity index (χ3n) is 7.56. The summed E-state index contributed by atoms with van der Waals surface area (Å²) in [5, 5.41) is 0. The molecule has 3 aromatic carbocycles. The van der Waals surface area contributed by atoms with Crippen molar-refractivity contribution in [3.63, 3.8) is 0 Å². The second-order valence-corrected chi connectivity index (χ2v) is 10.9. The number of nitrogens with zero attached hydrogens (tertiary/aromatic N) is 1. The van der Waals surface area contributed by atoms with Crippen molar-refractivity contribution in [2.45, 2.75) is 59.2 Å². The first-order valence-corrected chi connectivity index (χ1v) is 12.5. The molecule has 5 heteroatoms. The van der Waals surface area contributed by atoms with E-state index in [0.717, 1.165) is 34.8 Å². The highest BCUT2D eigenvalue weighted by atomic mass is 79.9. The summed E-state index contributed by atoms with van der Waals surface area (Å²) in [6, 6.07) is 12.9. The molecule has 0 saturated heterocycles. The third kappa shape index (κ3) is 3.48. The van der Waals surface area contributed by atoms with Crippen molar-refractivity contribution in [2.24, 2.45) is 0 Å². The Bertz CT molecular complexity index is 1250. The molecule has 4 nitrogen and oxygen atoms in total. The minimum absolute atomic E-state index is 0.166. The second kappa shape index (κ2) is 8.23. The van der Waals surface area contributed by atoms with Crippen LogP contribution in [-0.2, 0) is 13.1 Å². The molecule has 2 aliphatic heterocycles. The maximum Gasteiger partial charge on any atom is 0.161 e. The van der Waals surface area contributed by atoms with Crippen LogP contribution < -0.4 is 19.1 Å². The Morgan fingerprint density at radius 3 is 1.97 bits per heavy atom. The van der Waals surface area contributed by atoms with Gasteiger partial charge in [-0.2, -0.15) is 0 Å². The van der Waals surface area contributed by atoms with E-state index >= 15 is 0 Å². The van der Waals surface area contributed by atoms with E-state index in [1.165, 1.54) is 44.6 Å². The Morgan fingerprint density at radius 2 is 1.44 bits per heavy atom. The molecule has 0 aliphatic carbocycles. The minimum Gasteiger partial charge on any atom is -0.493 e. The summed E-state index contributed by atoms with van der Waals surface area (Å²) in [5.41, 5.74) is 9.99. The van der Waals surface area contributed by atoms with Gasteiger partial charge in [0.25, 0.3) is 0 Å². The fraction of sp³-hybridized carbons (Fsp3) is 0.379. The van der Waals surface area contributed by atoms with E-state index in [-0.39, 0.29) is 11.5 Å². The van der Waals surface area contributed by atoms with Crippen LogP contribution >= 0.6 is 15.9 Å². The van der Waals surface area contributed by atoms with Gasteiger partial charge in [0.15, 0.2) is 11.5 Å². The Hall–Kier alpha value is -2.66. The molecule has 178 valence electrons. The van der Waals surface area contributed by atoms with E-state index in [2.05, 4.69) is 91.8 Å². The SMILES string of the molecule is COc1cc2c(cc1OC)CN(c1c(C)c(C)c3c(c1C)[C@@H](c1ccc(Br)cc1)C(C)(C)O3)C2. The van der Waals surface area contributed by atoms with Crippen molar-refractivity contribution >= 4 is 21.6 Å². The predicted molar refractivity (Wildman–Crippen MR) is 141 cm³/mol. The highest BCUT2D eigenvalue weighted by Gasteiger charge is 2.45. The molecule has 0 amide bonds. The van der Waals surface area contributed by atoms with Gasteiger partial charge in [0.1, 0.15) is 11.4 Å². The standard InChI is InChI=1S/C29H32BrNO3/c1-16-17(2)28-25(26(29(4,5)34-28)19-8-10-22(30)11-9-19)18(3)27(16)31-14-20-12-23(32-6)24(33-7)13-21(20)15-31/h8-13,26H,14-15H2,1-7H3/t26-/m1/s1. The number of benzene rings is 3. The van der Waals surface area contributed by atoms with Gasteiger partial charge in [-0.1, -0.05) is 28.1 Å². The van der Waals surface area contributed by atoms with Gasteiger partial charge in [0.05, 0.1) is 20.1 Å². The van der Waals surface area contributed by atoms with Crippen molar-refractivity contribution in [2.75, 3.05) is 19.1 Å². The van der Waals surface area contributed by atoms with Gasteiger partial charge < -0.3 is 19.1 Å². The molecule has 2 heterocycles. The Morgan fingerprint density at radius 1 is 0.882 bits per heavy atom. The van der Waals surface area contributed by atoms with Gasteiger partial charge in [0, 0.05) is 28.8 Å². The molecule has 3 aromatic rings. The van der Waals surface area contributed by atoms with E-state index in [4.69, 9.17) is 14.2 Å². The molecule has 34 heavy (non-hydrogen) atoms. The number of fused-ring (bicyclic) bond motifs is 2. The lowest BCUT2D eigenvalue weighted by Crippen LogP contribution is -2.31. The van der Waals surface area contributed by atoms with Crippen molar-refractivity contribution < 1.29 is 14.2 Å². The number of hydrogen-bond acceptors (Lipinski definition) is 4. The van der Waals surface area contributed by atoms with Crippen LogP contribution in [0.25, 0.3) is 0 Å². The first-order chi connectivity index (χ1) is 16.2. The molecule has 1 atom stereocenters. The van der Waals surface area contributed by atoms with E-state index < -0.39 is 0 Å². The molecule has 0 unspecified atom stereocenters. The van der Waals surface area contributed by atoms with E-state index in [1.54, 1.807) is 14.2 Å². The fourth-order valence-corrected chi connectivity index (χ4v) is 6.12. The van der Waals surface area contributed by atoms with Crippen LogP contribution in [0.1, 0.15) is 58.7 Å². The van der Waals surface area contributed by atoms with Gasteiger partial charge in [-0.3, -0.25) is 0 Å². The number of methoxy groups -OCH3 is 2. The zero-order chi connectivity index (χ0) is 24.4. The molecule has 0 spiro atoms. The van der Waals surface area contributed by atoms with E-state index in [1.807, 2.05) is 0 Å². The first kappa shape index (κ1) is 23.1. The summed E-state index contributed by atoms with van der Waals surface area (Å²) in [6.45, 7) is 12.8. The van der Waals surface area contributed by atoms with Crippen molar-refractivity contribution in [3.05, 3.63) is 79.8 Å². The minimum atomic E-state index is -0.328. The van der Waals surface area contributed by atoms with Crippen LogP contribution in [0.3, 0.4) is 0 Å². The van der Waals surface area contributed by atoms with Crippen LogP contribution in [0.2, 0.25) is 0 Å². The average molecular weight is 522 g/mol. The molecule has 0 saturated carbocycles. The summed E-state index contributed by atoms with van der Waals surface area (Å²) < 4.78 is 18.9. The summed E-state index contributed by atoms with van der Waals surface area (Å²) in [6.07, 6.45) is 0. The molecule has 0 radical (unpaired) electrons. The van der Waals surface area contributed by atoms with Crippen LogP contribution in [0, 0.1) is 20.8 Å². The zero-order valence-electron chi connectivity index (χ0n) is 21.0. The average Bonchev–Trinajstić information content (AvgIpc) is 3.34. The van der Waals surface area contributed by atoms with Crippen molar-refractivity contribution in [1.82, 2.24) is 0 Å². The Kier molecular flexibility index (Phi) is 5.59. The van der Waals surface area contributed by atoms with Gasteiger partial charge in [-0.15, -0.1) is 0 Å². The number of hydrogen-bond donors (Lipinski definition) is 0. The maximum absolute atomic E-state index is 6.66. The summed E-state index contributed by atoms with van der Waals surface area (Å²) in [5.74, 6) is 2.79. The van der Waals surface area contributed by atoms with Crippen molar-refractivity contribution in [1.29, 1.82) is 0 Å².